The Morgan fingerprint density at radius 2 is 1.88 bits per heavy atom. The van der Waals surface area contributed by atoms with Crippen LogP contribution >= 0.6 is 0 Å². The number of imidazole rings is 2. The van der Waals surface area contributed by atoms with Gasteiger partial charge in [0.05, 0.1) is 13.7 Å². The normalized spacial score (nSPS) is 11.3. The Hall–Kier alpha value is -3.08. The van der Waals surface area contributed by atoms with E-state index < -0.39 is 0 Å². The first-order chi connectivity index (χ1) is 12.2. The molecule has 2 aromatic carbocycles. The number of aromatic nitrogens is 3. The number of ketones is 1. The lowest BCUT2D eigenvalue weighted by Gasteiger charge is -2.02. The Kier molecular flexibility index (Phi) is 3.57. The van der Waals surface area contributed by atoms with E-state index in [1.165, 1.54) is 0 Å². The van der Waals surface area contributed by atoms with Crippen molar-refractivity contribution in [3.8, 4) is 17.0 Å². The summed E-state index contributed by atoms with van der Waals surface area (Å²) in [6.45, 7) is 4.53. The lowest BCUT2D eigenvalue weighted by Crippen LogP contribution is -2.32. The first-order valence-electron chi connectivity index (χ1n) is 8.36. The predicted octanol–water partition coefficient (Wildman–Crippen LogP) is 3.61. The standard InChI is InChI=1S/C20H19N3O2/c1-4-22-16-7-5-6-8-17(16)23-19(13(2)24)18(21-20(22)23)14-9-11-15(25-3)12-10-14/h5-12H,4H2,1-3H3/p+1. The maximum Gasteiger partial charge on any atom is 0.368 e. The minimum absolute atomic E-state index is 0.0288. The molecule has 2 heterocycles. The molecule has 0 aliphatic carbocycles. The van der Waals surface area contributed by atoms with Gasteiger partial charge in [0, 0.05) is 12.5 Å². The zero-order valence-corrected chi connectivity index (χ0v) is 14.5. The summed E-state index contributed by atoms with van der Waals surface area (Å²) in [5.41, 5.74) is 4.60. The summed E-state index contributed by atoms with van der Waals surface area (Å²) in [6, 6.07) is 15.9. The fourth-order valence-electron chi connectivity index (χ4n) is 3.48. The summed E-state index contributed by atoms with van der Waals surface area (Å²) in [7, 11) is 1.64. The van der Waals surface area contributed by atoms with E-state index >= 15 is 0 Å². The Labute approximate surface area is 145 Å². The number of Topliss-reactive ketones (excluding diaryl/α,β-unsaturated/α-hetero) is 1. The number of methoxy groups -OCH3 is 1. The van der Waals surface area contributed by atoms with Crippen LogP contribution in [0.4, 0.5) is 0 Å². The van der Waals surface area contributed by atoms with Crippen LogP contribution in [0.5, 0.6) is 5.75 Å². The van der Waals surface area contributed by atoms with Gasteiger partial charge in [-0.15, -0.1) is 0 Å². The van der Waals surface area contributed by atoms with Gasteiger partial charge in [0.25, 0.3) is 0 Å². The van der Waals surface area contributed by atoms with Crippen molar-refractivity contribution in [3.05, 3.63) is 54.2 Å². The molecule has 0 saturated heterocycles. The molecule has 5 heteroatoms. The number of aryl methyl sites for hydroxylation is 1. The molecule has 0 atom stereocenters. The third kappa shape index (κ3) is 2.23. The second kappa shape index (κ2) is 5.77. The number of nitrogens with one attached hydrogen (secondary N) is 1. The highest BCUT2D eigenvalue weighted by Crippen LogP contribution is 2.28. The van der Waals surface area contributed by atoms with Crippen LogP contribution in [-0.4, -0.2) is 22.3 Å². The van der Waals surface area contributed by atoms with E-state index in [1.54, 1.807) is 14.0 Å². The number of para-hydroxylation sites is 2. The fraction of sp³-hybridized carbons (Fsp3) is 0.200. The lowest BCUT2D eigenvalue weighted by molar-refractivity contribution is -0.643. The molecule has 2 aromatic heterocycles. The molecule has 25 heavy (non-hydrogen) atoms. The average Bonchev–Trinajstić information content (AvgIpc) is 3.16. The van der Waals surface area contributed by atoms with Crippen LogP contribution in [0.3, 0.4) is 0 Å². The van der Waals surface area contributed by atoms with Crippen molar-refractivity contribution in [2.45, 2.75) is 20.4 Å². The van der Waals surface area contributed by atoms with Gasteiger partial charge in [-0.1, -0.05) is 12.1 Å². The number of hydrogen-bond acceptors (Lipinski definition) is 2. The maximum absolute atomic E-state index is 12.5. The third-order valence-corrected chi connectivity index (χ3v) is 4.61. The summed E-state index contributed by atoms with van der Waals surface area (Å²) in [4.78, 5) is 16.0. The summed E-state index contributed by atoms with van der Waals surface area (Å²) in [6.07, 6.45) is 0. The molecule has 0 radical (unpaired) electrons. The van der Waals surface area contributed by atoms with Gasteiger partial charge in [-0.05, 0) is 43.3 Å². The molecule has 0 unspecified atom stereocenters. The molecule has 126 valence electrons. The molecule has 0 aliphatic rings. The van der Waals surface area contributed by atoms with Crippen LogP contribution in [0.15, 0.2) is 48.5 Å². The monoisotopic (exact) mass is 334 g/mol. The minimum Gasteiger partial charge on any atom is -0.497 e. The van der Waals surface area contributed by atoms with Gasteiger partial charge in [-0.3, -0.25) is 4.79 Å². The predicted molar refractivity (Wildman–Crippen MR) is 97.1 cm³/mol. The van der Waals surface area contributed by atoms with E-state index in [-0.39, 0.29) is 5.78 Å². The third-order valence-electron chi connectivity index (χ3n) is 4.61. The molecule has 4 rings (SSSR count). The zero-order valence-electron chi connectivity index (χ0n) is 14.5. The SMILES string of the molecule is CC[n+]1c2ccccc2n2c(C(C)=O)c(-c3ccc(OC)cc3)[nH]c21. The Morgan fingerprint density at radius 3 is 2.52 bits per heavy atom. The van der Waals surface area contributed by atoms with Crippen molar-refractivity contribution < 1.29 is 14.1 Å². The van der Waals surface area contributed by atoms with E-state index in [1.807, 2.05) is 46.9 Å². The number of nitrogens with zero attached hydrogens (tertiary/aromatic N) is 2. The molecule has 0 spiro atoms. The highest BCUT2D eigenvalue weighted by atomic mass is 16.5. The number of rotatable bonds is 4. The van der Waals surface area contributed by atoms with Crippen LogP contribution in [0.2, 0.25) is 0 Å². The van der Waals surface area contributed by atoms with Crippen LogP contribution in [0.25, 0.3) is 28.1 Å². The first-order valence-corrected chi connectivity index (χ1v) is 8.36. The molecule has 0 saturated carbocycles. The average molecular weight is 334 g/mol. The van der Waals surface area contributed by atoms with Gasteiger partial charge in [-0.2, -0.15) is 4.40 Å². The number of hydrogen-bond donors (Lipinski definition) is 1. The minimum atomic E-state index is 0.0288. The van der Waals surface area contributed by atoms with Crippen LogP contribution in [0, 0.1) is 0 Å². The summed E-state index contributed by atoms with van der Waals surface area (Å²) < 4.78 is 9.45. The molecule has 0 aliphatic heterocycles. The van der Waals surface area contributed by atoms with Gasteiger partial charge < -0.3 is 4.74 Å². The number of carbonyl (C=O) groups excluding carboxylic acids is 1. The van der Waals surface area contributed by atoms with Crippen molar-refractivity contribution in [1.82, 2.24) is 9.38 Å². The van der Waals surface area contributed by atoms with Crippen molar-refractivity contribution >= 4 is 22.6 Å². The van der Waals surface area contributed by atoms with Crippen molar-refractivity contribution in [2.75, 3.05) is 7.11 Å². The van der Waals surface area contributed by atoms with Crippen LogP contribution in [-0.2, 0) is 6.54 Å². The summed E-state index contributed by atoms with van der Waals surface area (Å²) in [5.74, 6) is 1.74. The molecule has 4 aromatic rings. The topological polar surface area (TPSA) is 50.4 Å². The van der Waals surface area contributed by atoms with E-state index in [4.69, 9.17) is 4.74 Å². The summed E-state index contributed by atoms with van der Waals surface area (Å²) >= 11 is 0. The number of benzene rings is 2. The van der Waals surface area contributed by atoms with E-state index in [2.05, 4.69) is 22.5 Å². The number of ether oxygens (including phenoxy) is 1. The molecule has 0 fully saturated rings. The largest absolute Gasteiger partial charge is 0.497 e. The Balaban J connectivity index is 2.08. The molecular weight excluding hydrogens is 314 g/mol. The maximum atomic E-state index is 12.5. The van der Waals surface area contributed by atoms with Crippen LogP contribution < -0.4 is 9.30 Å². The van der Waals surface area contributed by atoms with E-state index in [0.29, 0.717) is 5.69 Å². The fourth-order valence-corrected chi connectivity index (χ4v) is 3.48. The number of H-pyrrole nitrogens is 1. The second-order valence-corrected chi connectivity index (χ2v) is 6.03. The molecule has 5 nitrogen and oxygen atoms in total. The Bertz CT molecular complexity index is 1090. The quantitative estimate of drug-likeness (QED) is 0.458. The Morgan fingerprint density at radius 1 is 1.16 bits per heavy atom. The van der Waals surface area contributed by atoms with E-state index in [0.717, 1.165) is 40.4 Å². The van der Waals surface area contributed by atoms with Crippen molar-refractivity contribution in [1.29, 1.82) is 0 Å². The highest BCUT2D eigenvalue weighted by Gasteiger charge is 2.28. The summed E-state index contributed by atoms with van der Waals surface area (Å²) in [5, 5.41) is 0. The lowest BCUT2D eigenvalue weighted by atomic mass is 10.1. The molecule has 0 bridgehead atoms. The van der Waals surface area contributed by atoms with Crippen molar-refractivity contribution in [3.63, 3.8) is 0 Å². The molecular formula is C20H20N3O2+. The second-order valence-electron chi connectivity index (χ2n) is 6.03. The first kappa shape index (κ1) is 15.4. The number of aromatic amines is 1. The smallest absolute Gasteiger partial charge is 0.368 e. The molecule has 1 N–H and O–H groups in total. The van der Waals surface area contributed by atoms with E-state index in [9.17, 15) is 4.79 Å². The van der Waals surface area contributed by atoms with Crippen LogP contribution in [0.1, 0.15) is 24.3 Å². The van der Waals surface area contributed by atoms with Gasteiger partial charge in [0.1, 0.15) is 22.5 Å². The van der Waals surface area contributed by atoms with Crippen molar-refractivity contribution in [2.24, 2.45) is 0 Å². The van der Waals surface area contributed by atoms with Gasteiger partial charge in [0.2, 0.25) is 0 Å². The van der Waals surface area contributed by atoms with Gasteiger partial charge in [-0.25, -0.2) is 9.55 Å². The van der Waals surface area contributed by atoms with Gasteiger partial charge >= 0.3 is 5.78 Å². The highest BCUT2D eigenvalue weighted by molar-refractivity contribution is 6.01. The molecule has 0 amide bonds. The van der Waals surface area contributed by atoms with Gasteiger partial charge in [0.15, 0.2) is 11.5 Å². The number of fused-ring (bicyclic) bond motifs is 3. The zero-order chi connectivity index (χ0) is 17.6. The number of carbonyl (C=O) groups is 1.